The van der Waals surface area contributed by atoms with Crippen molar-refractivity contribution in [3.8, 4) is 0 Å². The van der Waals surface area contributed by atoms with Gasteiger partial charge in [-0.1, -0.05) is 6.92 Å². The quantitative estimate of drug-likeness (QED) is 0.761. The molecule has 2 heterocycles. The lowest BCUT2D eigenvalue weighted by molar-refractivity contribution is -0.676. The molecule has 0 radical (unpaired) electrons. The van der Waals surface area contributed by atoms with Crippen LogP contribution < -0.4 is 5.32 Å². The van der Waals surface area contributed by atoms with Crippen molar-refractivity contribution in [2.24, 2.45) is 17.3 Å². The molecule has 6 atom stereocenters. The molecule has 1 saturated heterocycles. The first-order valence-corrected chi connectivity index (χ1v) is 10.1. The monoisotopic (exact) mass is 378 g/mol. The van der Waals surface area contributed by atoms with Crippen LogP contribution in [-0.4, -0.2) is 42.0 Å². The van der Waals surface area contributed by atoms with E-state index in [2.05, 4.69) is 12.2 Å². The Kier molecular flexibility index (Phi) is 4.64. The average molecular weight is 378 g/mol. The van der Waals surface area contributed by atoms with Gasteiger partial charge in [0.25, 0.3) is 0 Å². The number of aliphatic hydroxyl groups is 1. The van der Waals surface area contributed by atoms with Crippen molar-refractivity contribution in [2.45, 2.75) is 69.8 Å². The summed E-state index contributed by atoms with van der Waals surface area (Å²) in [5.74, 6) is 0.621. The normalized spacial score (nSPS) is 43.9. The highest BCUT2D eigenvalue weighted by atomic mass is 16.6. The van der Waals surface area contributed by atoms with Gasteiger partial charge in [0, 0.05) is 18.4 Å². The number of furan rings is 1. The number of fused-ring (bicyclic) bond motifs is 2. The maximum Gasteiger partial charge on any atom is 0.315 e. The minimum absolute atomic E-state index is 0.0380. The average Bonchev–Trinajstić information content (AvgIpc) is 3.23. The van der Waals surface area contributed by atoms with Crippen molar-refractivity contribution in [3.63, 3.8) is 0 Å². The Morgan fingerprint density at radius 2 is 2.15 bits per heavy atom. The number of carbonyl (C=O) groups is 1. The molecule has 3 fully saturated rings. The smallest absolute Gasteiger partial charge is 0.315 e. The molecule has 3 aliphatic rings. The molecule has 3 N–H and O–H groups in total. The van der Waals surface area contributed by atoms with Gasteiger partial charge in [0.05, 0.1) is 24.0 Å². The van der Waals surface area contributed by atoms with Crippen molar-refractivity contribution in [1.29, 1.82) is 0 Å². The number of hydrogen-bond donors (Lipinski definition) is 2. The summed E-state index contributed by atoms with van der Waals surface area (Å²) in [6, 6.07) is 3.81. The first kappa shape index (κ1) is 19.0. The Balaban J connectivity index is 1.52. The number of carbonyl (C=O) groups excluding carboxylic acids is 1. The van der Waals surface area contributed by atoms with Crippen molar-refractivity contribution in [1.82, 2.24) is 0 Å². The van der Waals surface area contributed by atoms with Crippen LogP contribution in [0.2, 0.25) is 0 Å². The molecule has 1 aliphatic heterocycles. The molecular weight excluding hydrogens is 346 g/mol. The highest BCUT2D eigenvalue weighted by Crippen LogP contribution is 2.61. The van der Waals surface area contributed by atoms with Crippen LogP contribution in [-0.2, 0) is 20.8 Å². The van der Waals surface area contributed by atoms with E-state index in [0.29, 0.717) is 25.9 Å². The van der Waals surface area contributed by atoms with Crippen LogP contribution in [0, 0.1) is 17.3 Å². The molecule has 0 amide bonds. The number of quaternary nitrogens is 1. The lowest BCUT2D eigenvalue weighted by atomic mass is 9.49. The molecule has 6 nitrogen and oxygen atoms in total. The van der Waals surface area contributed by atoms with Crippen molar-refractivity contribution >= 4 is 5.97 Å². The van der Waals surface area contributed by atoms with E-state index < -0.39 is 11.2 Å². The largest absolute Gasteiger partial charge is 0.463 e. The third-order valence-electron chi connectivity index (χ3n) is 7.80. The third-order valence-corrected chi connectivity index (χ3v) is 7.80. The summed E-state index contributed by atoms with van der Waals surface area (Å²) >= 11 is 0. The van der Waals surface area contributed by atoms with E-state index in [-0.39, 0.29) is 29.3 Å². The number of nitrogens with two attached hydrogens (primary N) is 1. The third kappa shape index (κ3) is 2.84. The first-order chi connectivity index (χ1) is 12.8. The summed E-state index contributed by atoms with van der Waals surface area (Å²) < 4.78 is 17.0. The van der Waals surface area contributed by atoms with Crippen molar-refractivity contribution in [2.75, 3.05) is 13.7 Å². The Hall–Kier alpha value is -1.37. The van der Waals surface area contributed by atoms with E-state index in [4.69, 9.17) is 13.9 Å². The number of hydrogen-bond acceptors (Lipinski definition) is 5. The number of esters is 1. The number of rotatable bonds is 5. The lowest BCUT2D eigenvalue weighted by Crippen LogP contribution is -2.84. The summed E-state index contributed by atoms with van der Waals surface area (Å²) in [7, 11) is 1.70. The fourth-order valence-electron chi connectivity index (χ4n) is 5.99. The van der Waals surface area contributed by atoms with Crippen molar-refractivity contribution < 1.29 is 29.1 Å². The molecule has 6 heteroatoms. The summed E-state index contributed by atoms with van der Waals surface area (Å²) in [5, 5.41) is 14.0. The molecular formula is C21H32NO5+. The van der Waals surface area contributed by atoms with Gasteiger partial charge in [-0.2, -0.15) is 0 Å². The van der Waals surface area contributed by atoms with Gasteiger partial charge in [-0.3, -0.25) is 4.79 Å². The van der Waals surface area contributed by atoms with Crippen LogP contribution in [0.15, 0.2) is 22.8 Å². The van der Waals surface area contributed by atoms with Crippen LogP contribution in [0.5, 0.6) is 0 Å². The Morgan fingerprint density at radius 1 is 1.33 bits per heavy atom. The molecule has 0 unspecified atom stereocenters. The molecule has 4 rings (SSSR count). The van der Waals surface area contributed by atoms with E-state index in [1.165, 1.54) is 0 Å². The van der Waals surface area contributed by atoms with Crippen LogP contribution in [0.1, 0.15) is 51.7 Å². The van der Waals surface area contributed by atoms with Crippen LogP contribution in [0.25, 0.3) is 0 Å². The minimum atomic E-state index is -0.943. The first-order valence-electron chi connectivity index (χ1n) is 10.1. The Morgan fingerprint density at radius 3 is 2.85 bits per heavy atom. The van der Waals surface area contributed by atoms with E-state index in [1.807, 2.05) is 19.1 Å². The zero-order chi connectivity index (χ0) is 19.3. The SMILES string of the molecule is CO[C@]1(C)CCC[C@]2(C)C[C@H]3OC(=O)[C@H](C[NH2+]Cc4ccco4)[C@H]3C[C@]21O. The molecule has 0 spiro atoms. The van der Waals surface area contributed by atoms with Gasteiger partial charge >= 0.3 is 5.97 Å². The maximum atomic E-state index is 12.6. The van der Waals surface area contributed by atoms with Gasteiger partial charge in [-0.15, -0.1) is 0 Å². The zero-order valence-electron chi connectivity index (χ0n) is 16.6. The Labute approximate surface area is 160 Å². The molecule has 1 aromatic rings. The van der Waals surface area contributed by atoms with Crippen LogP contribution in [0.4, 0.5) is 0 Å². The topological polar surface area (TPSA) is 85.5 Å². The van der Waals surface area contributed by atoms with Crippen molar-refractivity contribution in [3.05, 3.63) is 24.2 Å². The molecule has 27 heavy (non-hydrogen) atoms. The predicted molar refractivity (Wildman–Crippen MR) is 97.6 cm³/mol. The highest BCUT2D eigenvalue weighted by molar-refractivity contribution is 5.75. The zero-order valence-corrected chi connectivity index (χ0v) is 16.6. The second-order valence-electron chi connectivity index (χ2n) is 9.17. The lowest BCUT2D eigenvalue weighted by Gasteiger charge is -2.61. The molecule has 2 saturated carbocycles. The molecule has 2 aliphatic carbocycles. The van der Waals surface area contributed by atoms with Gasteiger partial charge in [-0.25, -0.2) is 0 Å². The highest BCUT2D eigenvalue weighted by Gasteiger charge is 2.67. The van der Waals surface area contributed by atoms with Gasteiger partial charge in [0.15, 0.2) is 5.76 Å². The van der Waals surface area contributed by atoms with Crippen LogP contribution in [0.3, 0.4) is 0 Å². The summed E-state index contributed by atoms with van der Waals surface area (Å²) in [6.07, 6.45) is 5.65. The standard InChI is InChI=1S/C21H31NO5/c1-19-7-5-8-20(2,25-3)21(19,24)10-15-16(18(23)27-17(15)11-19)13-22-12-14-6-4-9-26-14/h4,6,9,15-17,22,24H,5,7-8,10-13H2,1-3H3/p+1/t15-,16-,17-,19-,20-,21+/m1/s1. The second kappa shape index (κ2) is 6.61. The second-order valence-corrected chi connectivity index (χ2v) is 9.17. The van der Waals surface area contributed by atoms with Crippen LogP contribution >= 0.6 is 0 Å². The van der Waals surface area contributed by atoms with Gasteiger partial charge in [-0.05, 0) is 51.2 Å². The molecule has 1 aromatic heterocycles. The predicted octanol–water partition coefficient (Wildman–Crippen LogP) is 1.62. The minimum Gasteiger partial charge on any atom is -0.463 e. The van der Waals surface area contributed by atoms with E-state index >= 15 is 0 Å². The molecule has 0 bridgehead atoms. The number of methoxy groups -OCH3 is 1. The van der Waals surface area contributed by atoms with E-state index in [0.717, 1.165) is 25.0 Å². The fourth-order valence-corrected chi connectivity index (χ4v) is 5.99. The number of ether oxygens (including phenoxy) is 2. The van der Waals surface area contributed by atoms with Gasteiger partial charge in [0.1, 0.15) is 18.6 Å². The fraction of sp³-hybridized carbons (Fsp3) is 0.762. The molecule has 150 valence electrons. The summed E-state index contributed by atoms with van der Waals surface area (Å²) in [4.78, 5) is 12.6. The van der Waals surface area contributed by atoms with E-state index in [9.17, 15) is 9.90 Å². The van der Waals surface area contributed by atoms with E-state index in [1.54, 1.807) is 13.4 Å². The summed E-state index contributed by atoms with van der Waals surface area (Å²) in [5.41, 5.74) is -1.81. The van der Waals surface area contributed by atoms with Gasteiger partial charge < -0.3 is 24.3 Å². The van der Waals surface area contributed by atoms with Gasteiger partial charge in [0.2, 0.25) is 0 Å². The maximum absolute atomic E-state index is 12.6. The molecule has 0 aromatic carbocycles. The summed E-state index contributed by atoms with van der Waals surface area (Å²) in [6.45, 7) is 5.52. The Bertz CT molecular complexity index is 691.